The van der Waals surface area contributed by atoms with Crippen LogP contribution in [0.25, 0.3) is 0 Å². The molecule has 0 saturated carbocycles. The van der Waals surface area contributed by atoms with Crippen LogP contribution >= 0.6 is 0 Å². The fourth-order valence-corrected chi connectivity index (χ4v) is 6.48. The van der Waals surface area contributed by atoms with Crippen molar-refractivity contribution in [3.8, 4) is 0 Å². The summed E-state index contributed by atoms with van der Waals surface area (Å²) in [5.41, 5.74) is -0.185. The average Bonchev–Trinajstić information content (AvgIpc) is 3.54. The highest BCUT2D eigenvalue weighted by Gasteiger charge is 2.75. The number of aliphatic hydroxyl groups is 1. The van der Waals surface area contributed by atoms with E-state index >= 15 is 0 Å². The molecule has 0 radical (unpaired) electrons. The third-order valence-electron chi connectivity index (χ3n) is 8.23. The molecule has 0 aliphatic carbocycles. The lowest BCUT2D eigenvalue weighted by Gasteiger charge is -2.40. The van der Waals surface area contributed by atoms with Gasteiger partial charge < -0.3 is 24.4 Å². The van der Waals surface area contributed by atoms with E-state index in [2.05, 4.69) is 13.2 Å². The maximum absolute atomic E-state index is 14.4. The minimum absolute atomic E-state index is 0.113. The lowest BCUT2D eigenvalue weighted by Crippen LogP contribution is -2.59. The Hall–Kier alpha value is -2.97. The molecule has 8 heteroatoms. The fraction of sp³-hybridized carbons (Fsp3) is 0.567. The van der Waals surface area contributed by atoms with Gasteiger partial charge in [0.05, 0.1) is 37.2 Å². The largest absolute Gasteiger partial charge is 0.465 e. The van der Waals surface area contributed by atoms with Crippen molar-refractivity contribution in [2.75, 3.05) is 19.8 Å². The quantitative estimate of drug-likeness (QED) is 0.242. The average molecular weight is 525 g/mol. The van der Waals surface area contributed by atoms with Crippen molar-refractivity contribution in [1.82, 2.24) is 9.80 Å². The van der Waals surface area contributed by atoms with Gasteiger partial charge in [-0.15, -0.1) is 13.2 Å². The first-order valence-electron chi connectivity index (χ1n) is 13.6. The van der Waals surface area contributed by atoms with E-state index in [1.807, 2.05) is 44.2 Å². The van der Waals surface area contributed by atoms with Crippen molar-refractivity contribution in [2.45, 2.75) is 69.9 Å². The number of likely N-dealkylation sites (tertiary alicyclic amines) is 1. The summed E-state index contributed by atoms with van der Waals surface area (Å²) in [6, 6.07) is 8.10. The van der Waals surface area contributed by atoms with Gasteiger partial charge in [0.1, 0.15) is 11.6 Å². The summed E-state index contributed by atoms with van der Waals surface area (Å²) in [7, 11) is 0. The van der Waals surface area contributed by atoms with Crippen LogP contribution in [0, 0.1) is 17.8 Å². The van der Waals surface area contributed by atoms with Crippen LogP contribution in [-0.2, 0) is 30.4 Å². The van der Waals surface area contributed by atoms with Crippen LogP contribution < -0.4 is 0 Å². The number of hydrogen-bond donors (Lipinski definition) is 1. The molecule has 3 fully saturated rings. The number of ether oxygens (including phenoxy) is 2. The molecule has 2 amide bonds. The molecule has 206 valence electrons. The Morgan fingerprint density at radius 1 is 1.26 bits per heavy atom. The second kappa shape index (κ2) is 11.8. The summed E-state index contributed by atoms with van der Waals surface area (Å²) in [5, 5.41) is 10.3. The molecule has 3 saturated heterocycles. The van der Waals surface area contributed by atoms with E-state index in [4.69, 9.17) is 9.47 Å². The molecule has 1 aromatic carbocycles. The Kier molecular flexibility index (Phi) is 8.73. The Bertz CT molecular complexity index is 1040. The number of allylic oxidation sites excluding steroid dienone is 1. The first-order chi connectivity index (χ1) is 18.3. The van der Waals surface area contributed by atoms with Gasteiger partial charge in [0, 0.05) is 13.1 Å². The van der Waals surface area contributed by atoms with Gasteiger partial charge >= 0.3 is 5.97 Å². The second-order valence-corrected chi connectivity index (χ2v) is 10.9. The summed E-state index contributed by atoms with van der Waals surface area (Å²) in [4.78, 5) is 45.0. The van der Waals surface area contributed by atoms with Crippen molar-refractivity contribution < 1.29 is 29.0 Å². The highest BCUT2D eigenvalue weighted by molar-refractivity contribution is 5.98. The number of carbonyl (C=O) groups excluding carboxylic acids is 3. The molecule has 1 aromatic rings. The monoisotopic (exact) mass is 524 g/mol. The number of amides is 2. The number of unbranched alkanes of at least 4 members (excludes halogenated alkanes) is 1. The third kappa shape index (κ3) is 4.92. The molecule has 1 N–H and O–H groups in total. The van der Waals surface area contributed by atoms with Crippen LogP contribution in [0.2, 0.25) is 0 Å². The number of fused-ring (bicyclic) bond motifs is 1. The van der Waals surface area contributed by atoms with Gasteiger partial charge in [-0.1, -0.05) is 56.3 Å². The number of nitrogens with zero attached hydrogens (tertiary/aromatic N) is 2. The van der Waals surface area contributed by atoms with E-state index in [-0.39, 0.29) is 37.5 Å². The highest BCUT2D eigenvalue weighted by Crippen LogP contribution is 2.59. The van der Waals surface area contributed by atoms with Crippen molar-refractivity contribution in [1.29, 1.82) is 0 Å². The summed E-state index contributed by atoms with van der Waals surface area (Å²) in [6.07, 6.45) is 5.40. The third-order valence-corrected chi connectivity index (χ3v) is 8.23. The molecule has 3 heterocycles. The number of aliphatic hydroxyl groups excluding tert-OH is 1. The molecule has 3 aliphatic rings. The van der Waals surface area contributed by atoms with Gasteiger partial charge in [0.15, 0.2) is 0 Å². The molecule has 2 unspecified atom stereocenters. The molecule has 2 bridgehead atoms. The van der Waals surface area contributed by atoms with Crippen LogP contribution in [0.3, 0.4) is 0 Å². The van der Waals surface area contributed by atoms with E-state index in [1.165, 1.54) is 4.90 Å². The van der Waals surface area contributed by atoms with Crippen LogP contribution in [0.1, 0.15) is 45.1 Å². The maximum atomic E-state index is 14.4. The molecular formula is C30H40N2O6. The number of rotatable bonds is 13. The lowest BCUT2D eigenvalue weighted by molar-refractivity contribution is -0.157. The predicted octanol–water partition coefficient (Wildman–Crippen LogP) is 3.10. The van der Waals surface area contributed by atoms with Crippen molar-refractivity contribution in [2.24, 2.45) is 17.8 Å². The number of hydrogen-bond acceptors (Lipinski definition) is 6. The molecule has 4 rings (SSSR count). The molecule has 0 aromatic heterocycles. The van der Waals surface area contributed by atoms with Gasteiger partial charge in [-0.2, -0.15) is 0 Å². The first kappa shape index (κ1) is 28.0. The maximum Gasteiger partial charge on any atom is 0.312 e. The zero-order chi connectivity index (χ0) is 27.4. The van der Waals surface area contributed by atoms with Crippen LogP contribution in [-0.4, -0.2) is 76.2 Å². The molecule has 38 heavy (non-hydrogen) atoms. The summed E-state index contributed by atoms with van der Waals surface area (Å²) < 4.78 is 12.1. The molecular weight excluding hydrogens is 484 g/mol. The SMILES string of the molecule is C=CCCCOC(=O)[C@@H]1[C@@H]2CCC3(O2)C(C(=O)N(CC=C)Cc2ccccc2)N([C@@H](CO)C(C)C)C(=O)[C@H]13. The minimum Gasteiger partial charge on any atom is -0.465 e. The van der Waals surface area contributed by atoms with Gasteiger partial charge in [0.25, 0.3) is 0 Å². The first-order valence-corrected chi connectivity index (χ1v) is 13.6. The summed E-state index contributed by atoms with van der Waals surface area (Å²) >= 11 is 0. The van der Waals surface area contributed by atoms with E-state index in [9.17, 15) is 19.5 Å². The Morgan fingerprint density at radius 2 is 2.00 bits per heavy atom. The van der Waals surface area contributed by atoms with Gasteiger partial charge in [-0.3, -0.25) is 14.4 Å². The molecule has 3 aliphatic heterocycles. The fourth-order valence-electron chi connectivity index (χ4n) is 6.48. The lowest BCUT2D eigenvalue weighted by atomic mass is 9.70. The Morgan fingerprint density at radius 3 is 2.63 bits per heavy atom. The zero-order valence-corrected chi connectivity index (χ0v) is 22.5. The molecule has 1 spiro atoms. The smallest absolute Gasteiger partial charge is 0.312 e. The summed E-state index contributed by atoms with van der Waals surface area (Å²) in [5.74, 6) is -2.73. The van der Waals surface area contributed by atoms with Crippen LogP contribution in [0.4, 0.5) is 0 Å². The number of benzene rings is 1. The number of esters is 1. The van der Waals surface area contributed by atoms with Crippen LogP contribution in [0.15, 0.2) is 55.6 Å². The normalized spacial score (nSPS) is 28.3. The predicted molar refractivity (Wildman–Crippen MR) is 143 cm³/mol. The van der Waals surface area contributed by atoms with E-state index < -0.39 is 41.6 Å². The number of carbonyl (C=O) groups is 3. The van der Waals surface area contributed by atoms with Crippen molar-refractivity contribution in [3.05, 3.63) is 61.2 Å². The molecule has 6 atom stereocenters. The molecule has 8 nitrogen and oxygen atoms in total. The van der Waals surface area contributed by atoms with Crippen LogP contribution in [0.5, 0.6) is 0 Å². The van der Waals surface area contributed by atoms with Gasteiger partial charge in [-0.05, 0) is 37.2 Å². The second-order valence-electron chi connectivity index (χ2n) is 10.9. The van der Waals surface area contributed by atoms with Crippen molar-refractivity contribution in [3.63, 3.8) is 0 Å². The van der Waals surface area contributed by atoms with E-state index in [1.54, 1.807) is 17.1 Å². The summed E-state index contributed by atoms with van der Waals surface area (Å²) in [6.45, 7) is 11.9. The minimum atomic E-state index is -1.14. The van der Waals surface area contributed by atoms with Gasteiger partial charge in [0.2, 0.25) is 11.8 Å². The zero-order valence-electron chi connectivity index (χ0n) is 22.5. The van der Waals surface area contributed by atoms with E-state index in [0.29, 0.717) is 25.8 Å². The Balaban J connectivity index is 1.70. The van der Waals surface area contributed by atoms with Gasteiger partial charge in [-0.25, -0.2) is 0 Å². The van der Waals surface area contributed by atoms with Crippen molar-refractivity contribution >= 4 is 17.8 Å². The topological polar surface area (TPSA) is 96.4 Å². The highest BCUT2D eigenvalue weighted by atomic mass is 16.6. The van der Waals surface area contributed by atoms with E-state index in [0.717, 1.165) is 12.0 Å². The standard InChI is InChI=1S/C30H40N2O6/c1-5-7-11-17-37-29(36)24-23-14-15-30(38-23)25(24)27(34)32(22(19-33)20(3)4)26(30)28(35)31(16-6-2)18-21-12-9-8-10-13-21/h5-6,8-10,12-13,20,22-26,33H,1-2,7,11,14-19H2,3-4H3/t22-,23-,24+,25-,26?,30?/m0/s1. The Labute approximate surface area is 225 Å².